The van der Waals surface area contributed by atoms with Crippen LogP contribution in [0.5, 0.6) is 0 Å². The van der Waals surface area contributed by atoms with Crippen LogP contribution in [0.1, 0.15) is 41.7 Å². The molecule has 9 heteroatoms. The van der Waals surface area contributed by atoms with E-state index in [-0.39, 0.29) is 24.7 Å². The monoisotopic (exact) mass is 410 g/mol. The van der Waals surface area contributed by atoms with Crippen LogP contribution in [0, 0.1) is 0 Å². The minimum absolute atomic E-state index is 0.176. The van der Waals surface area contributed by atoms with Crippen LogP contribution in [0.15, 0.2) is 36.9 Å². The fraction of sp³-hybridized carbons (Fsp3) is 0.429. The van der Waals surface area contributed by atoms with Crippen LogP contribution >= 0.6 is 0 Å². The Morgan fingerprint density at radius 1 is 1.23 bits per heavy atom. The standard InChI is InChI=1S/C21H26N6O3/c28-11-17(8-16-10-22-12-24-16)25-20(30)13-1-2-14-9-23-21(27-19(14)7-13)26-15-3-5-18(29)6-4-15/h1-2,7,9-10,12,15,17-18,28-29H,3-6,8,11H2,(H,22,24)(H,25,30)(H,23,26,27)/t15?,17-,18?/m0/s1. The zero-order valence-corrected chi connectivity index (χ0v) is 16.6. The van der Waals surface area contributed by atoms with Crippen molar-refractivity contribution in [1.29, 1.82) is 0 Å². The summed E-state index contributed by atoms with van der Waals surface area (Å²) in [7, 11) is 0. The molecule has 0 aliphatic heterocycles. The number of aromatic amines is 1. The maximum atomic E-state index is 12.7. The van der Waals surface area contributed by atoms with E-state index in [2.05, 4.69) is 30.6 Å². The molecule has 1 saturated carbocycles. The van der Waals surface area contributed by atoms with E-state index < -0.39 is 6.04 Å². The average Bonchev–Trinajstić information content (AvgIpc) is 3.27. The second kappa shape index (κ2) is 9.19. The third-order valence-corrected chi connectivity index (χ3v) is 5.45. The fourth-order valence-corrected chi connectivity index (χ4v) is 3.73. The van der Waals surface area contributed by atoms with Crippen LogP contribution < -0.4 is 10.6 Å². The molecule has 4 rings (SSSR count). The summed E-state index contributed by atoms with van der Waals surface area (Å²) in [6.45, 7) is -0.176. The van der Waals surface area contributed by atoms with Gasteiger partial charge in [-0.3, -0.25) is 4.79 Å². The van der Waals surface area contributed by atoms with Gasteiger partial charge in [0.05, 0.1) is 30.6 Å². The molecule has 1 fully saturated rings. The second-order valence-electron chi connectivity index (χ2n) is 7.75. The number of carbonyl (C=O) groups is 1. The molecule has 1 aromatic carbocycles. The maximum absolute atomic E-state index is 12.7. The van der Waals surface area contributed by atoms with Gasteiger partial charge >= 0.3 is 0 Å². The Morgan fingerprint density at radius 3 is 2.80 bits per heavy atom. The number of aliphatic hydroxyl groups excluding tert-OH is 2. The zero-order valence-electron chi connectivity index (χ0n) is 16.6. The highest BCUT2D eigenvalue weighted by Gasteiger charge is 2.20. The summed E-state index contributed by atoms with van der Waals surface area (Å²) >= 11 is 0. The minimum atomic E-state index is -0.419. The molecule has 9 nitrogen and oxygen atoms in total. The fourth-order valence-electron chi connectivity index (χ4n) is 3.73. The summed E-state index contributed by atoms with van der Waals surface area (Å²) in [6, 6.07) is 5.09. The van der Waals surface area contributed by atoms with Crippen molar-refractivity contribution in [2.24, 2.45) is 0 Å². The molecule has 2 aromatic heterocycles. The number of anilines is 1. The second-order valence-corrected chi connectivity index (χ2v) is 7.75. The first kappa shape index (κ1) is 20.2. The predicted molar refractivity (Wildman–Crippen MR) is 112 cm³/mol. The number of nitrogens with zero attached hydrogens (tertiary/aromatic N) is 3. The minimum Gasteiger partial charge on any atom is -0.394 e. The van der Waals surface area contributed by atoms with Crippen molar-refractivity contribution in [2.45, 2.75) is 50.3 Å². The van der Waals surface area contributed by atoms with Crippen LogP contribution in [-0.4, -0.2) is 60.9 Å². The molecule has 1 atom stereocenters. The van der Waals surface area contributed by atoms with E-state index >= 15 is 0 Å². The summed E-state index contributed by atoms with van der Waals surface area (Å²) in [6.07, 6.45) is 8.53. The number of aromatic nitrogens is 4. The average molecular weight is 410 g/mol. The molecule has 0 unspecified atom stereocenters. The van der Waals surface area contributed by atoms with Crippen molar-refractivity contribution in [1.82, 2.24) is 25.3 Å². The smallest absolute Gasteiger partial charge is 0.251 e. The van der Waals surface area contributed by atoms with E-state index in [1.807, 2.05) is 6.07 Å². The molecular weight excluding hydrogens is 384 g/mol. The third-order valence-electron chi connectivity index (χ3n) is 5.45. The van der Waals surface area contributed by atoms with Gasteiger partial charge in [-0.2, -0.15) is 0 Å². The van der Waals surface area contributed by atoms with Crippen molar-refractivity contribution in [3.63, 3.8) is 0 Å². The van der Waals surface area contributed by atoms with Gasteiger partial charge < -0.3 is 25.8 Å². The van der Waals surface area contributed by atoms with Crippen LogP contribution in [0.4, 0.5) is 5.95 Å². The highest BCUT2D eigenvalue weighted by atomic mass is 16.3. The Bertz CT molecular complexity index is 986. The van der Waals surface area contributed by atoms with Crippen molar-refractivity contribution >= 4 is 22.8 Å². The molecule has 1 aliphatic carbocycles. The summed E-state index contributed by atoms with van der Waals surface area (Å²) in [5.74, 6) is 0.249. The first-order valence-corrected chi connectivity index (χ1v) is 10.2. The number of amides is 1. The van der Waals surface area contributed by atoms with E-state index in [1.54, 1.807) is 30.9 Å². The Morgan fingerprint density at radius 2 is 2.07 bits per heavy atom. The molecule has 1 amide bonds. The van der Waals surface area contributed by atoms with Crippen LogP contribution in [-0.2, 0) is 6.42 Å². The van der Waals surface area contributed by atoms with Gasteiger partial charge in [-0.1, -0.05) is 6.07 Å². The van der Waals surface area contributed by atoms with E-state index in [4.69, 9.17) is 0 Å². The predicted octanol–water partition coefficient (Wildman–Crippen LogP) is 1.40. The Hall–Kier alpha value is -3.04. The number of carbonyl (C=O) groups excluding carboxylic acids is 1. The number of benzene rings is 1. The Balaban J connectivity index is 1.45. The van der Waals surface area contributed by atoms with E-state index in [9.17, 15) is 15.0 Å². The van der Waals surface area contributed by atoms with Crippen LogP contribution in [0.3, 0.4) is 0 Å². The molecule has 1 aliphatic rings. The highest BCUT2D eigenvalue weighted by molar-refractivity contribution is 5.98. The lowest BCUT2D eigenvalue weighted by molar-refractivity contribution is 0.0916. The van der Waals surface area contributed by atoms with E-state index in [1.165, 1.54) is 0 Å². The van der Waals surface area contributed by atoms with Crippen molar-refractivity contribution in [3.8, 4) is 0 Å². The summed E-state index contributed by atoms with van der Waals surface area (Å²) in [4.78, 5) is 28.5. The summed E-state index contributed by atoms with van der Waals surface area (Å²) in [5.41, 5.74) is 1.98. The van der Waals surface area contributed by atoms with E-state index in [0.717, 1.165) is 36.8 Å². The van der Waals surface area contributed by atoms with Gasteiger partial charge in [0, 0.05) is 41.5 Å². The Kier molecular flexibility index (Phi) is 6.20. The number of rotatable bonds is 7. The largest absolute Gasteiger partial charge is 0.394 e. The van der Waals surface area contributed by atoms with Crippen LogP contribution in [0.25, 0.3) is 10.9 Å². The molecule has 5 N–H and O–H groups in total. The number of hydrogen-bond acceptors (Lipinski definition) is 7. The van der Waals surface area contributed by atoms with Crippen molar-refractivity contribution in [2.75, 3.05) is 11.9 Å². The highest BCUT2D eigenvalue weighted by Crippen LogP contribution is 2.22. The molecule has 158 valence electrons. The van der Waals surface area contributed by atoms with Gasteiger partial charge in [0.1, 0.15) is 0 Å². The Labute approximate surface area is 174 Å². The maximum Gasteiger partial charge on any atom is 0.251 e. The summed E-state index contributed by atoms with van der Waals surface area (Å²) < 4.78 is 0. The van der Waals surface area contributed by atoms with Gasteiger partial charge in [0.25, 0.3) is 5.91 Å². The van der Waals surface area contributed by atoms with E-state index in [0.29, 0.717) is 23.4 Å². The molecule has 30 heavy (non-hydrogen) atoms. The topological polar surface area (TPSA) is 136 Å². The SMILES string of the molecule is O=C(N[C@H](CO)Cc1cnc[nH]1)c1ccc2cnc(NC3CCC(O)CC3)nc2c1. The van der Waals surface area contributed by atoms with Crippen LogP contribution in [0.2, 0.25) is 0 Å². The molecule has 0 radical (unpaired) electrons. The lowest BCUT2D eigenvalue weighted by Gasteiger charge is -2.26. The molecule has 3 aromatic rings. The molecular formula is C21H26N6O3. The quantitative estimate of drug-likeness (QED) is 0.397. The first-order valence-electron chi connectivity index (χ1n) is 10.2. The van der Waals surface area contributed by atoms with Gasteiger partial charge in [-0.15, -0.1) is 0 Å². The van der Waals surface area contributed by atoms with Gasteiger partial charge in [-0.05, 0) is 37.8 Å². The number of imidazole rings is 1. The summed E-state index contributed by atoms with van der Waals surface area (Å²) in [5, 5.41) is 26.3. The number of nitrogens with one attached hydrogen (secondary N) is 3. The number of hydrogen-bond donors (Lipinski definition) is 5. The molecule has 0 bridgehead atoms. The number of fused-ring (bicyclic) bond motifs is 1. The zero-order chi connectivity index (χ0) is 20.9. The number of aliphatic hydroxyl groups is 2. The van der Waals surface area contributed by atoms with Gasteiger partial charge in [0.15, 0.2) is 0 Å². The number of H-pyrrole nitrogens is 1. The normalized spacial score (nSPS) is 20.1. The third kappa shape index (κ3) is 4.92. The lowest BCUT2D eigenvalue weighted by Crippen LogP contribution is -2.39. The van der Waals surface area contributed by atoms with Crippen molar-refractivity contribution < 1.29 is 15.0 Å². The van der Waals surface area contributed by atoms with Gasteiger partial charge in [-0.25, -0.2) is 15.0 Å². The molecule has 0 saturated heterocycles. The lowest BCUT2D eigenvalue weighted by atomic mass is 9.93. The van der Waals surface area contributed by atoms with Gasteiger partial charge in [0.2, 0.25) is 5.95 Å². The first-order chi connectivity index (χ1) is 14.6. The molecule has 0 spiro atoms. The van der Waals surface area contributed by atoms with Crippen molar-refractivity contribution in [3.05, 3.63) is 48.2 Å². The molecule has 2 heterocycles.